The van der Waals surface area contributed by atoms with Crippen LogP contribution in [-0.4, -0.2) is 37.4 Å². The zero-order chi connectivity index (χ0) is 22.9. The van der Waals surface area contributed by atoms with Gasteiger partial charge in [-0.25, -0.2) is 8.99 Å². The second kappa shape index (κ2) is 8.41. The number of nitrogens with one attached hydrogen (secondary N) is 3. The quantitative estimate of drug-likeness (QED) is 0.519. The summed E-state index contributed by atoms with van der Waals surface area (Å²) in [7, 11) is -2.88. The van der Waals surface area contributed by atoms with Crippen molar-refractivity contribution in [3.63, 3.8) is 0 Å². The predicted molar refractivity (Wildman–Crippen MR) is 123 cm³/mol. The van der Waals surface area contributed by atoms with Crippen LogP contribution in [0.3, 0.4) is 0 Å². The van der Waals surface area contributed by atoms with Crippen LogP contribution in [0.25, 0.3) is 10.9 Å². The molecular formula is C22H26N6O3S. The van der Waals surface area contributed by atoms with Gasteiger partial charge in [0, 0.05) is 28.6 Å². The summed E-state index contributed by atoms with van der Waals surface area (Å²) in [6.45, 7) is 4.52. The van der Waals surface area contributed by atoms with Crippen molar-refractivity contribution in [2.24, 2.45) is 0 Å². The third-order valence-corrected chi connectivity index (χ3v) is 8.19. The molecule has 1 aliphatic rings. The molecule has 3 N–H and O–H groups in total. The Labute approximate surface area is 186 Å². The molecule has 1 fully saturated rings. The summed E-state index contributed by atoms with van der Waals surface area (Å²) in [5, 5.41) is 17.5. The van der Waals surface area contributed by atoms with Gasteiger partial charge in [-0.15, -0.1) is 0 Å². The Morgan fingerprint density at radius 2 is 2.12 bits per heavy atom. The van der Waals surface area contributed by atoms with E-state index < -0.39 is 15.3 Å². The lowest BCUT2D eigenvalue weighted by Gasteiger charge is -2.35. The Morgan fingerprint density at radius 1 is 1.38 bits per heavy atom. The first kappa shape index (κ1) is 22.0. The maximum Gasteiger partial charge on any atom is 0.261 e. The Hall–Kier alpha value is -3.16. The normalized spacial score (nSPS) is 20.7. The zero-order valence-corrected chi connectivity index (χ0v) is 18.9. The molecule has 0 spiro atoms. The fourth-order valence-corrected chi connectivity index (χ4v) is 5.13. The van der Waals surface area contributed by atoms with Crippen molar-refractivity contribution in [1.29, 1.82) is 10.0 Å². The molecule has 1 aliphatic heterocycles. The molecule has 3 heterocycles. The molecule has 168 valence electrons. The number of pyridine rings is 1. The summed E-state index contributed by atoms with van der Waals surface area (Å²) in [6.07, 6.45) is 3.32. The largest absolute Gasteiger partial charge is 0.379 e. The second-order valence-corrected chi connectivity index (χ2v) is 11.0. The summed E-state index contributed by atoms with van der Waals surface area (Å²) in [4.78, 5) is 15.9. The highest BCUT2D eigenvalue weighted by atomic mass is 32.2. The molecule has 2 aromatic heterocycles. The van der Waals surface area contributed by atoms with E-state index in [0.717, 1.165) is 12.8 Å². The molecule has 0 aliphatic carbocycles. The van der Waals surface area contributed by atoms with Gasteiger partial charge < -0.3 is 15.0 Å². The molecule has 9 nitrogen and oxygen atoms in total. The fraction of sp³-hybridized carbons (Fsp3) is 0.409. The van der Waals surface area contributed by atoms with E-state index in [1.807, 2.05) is 0 Å². The number of anilines is 2. The van der Waals surface area contributed by atoms with Gasteiger partial charge in [0.2, 0.25) is 0 Å². The van der Waals surface area contributed by atoms with E-state index in [2.05, 4.69) is 16.4 Å². The van der Waals surface area contributed by atoms with Crippen molar-refractivity contribution < 1.29 is 8.95 Å². The van der Waals surface area contributed by atoms with E-state index >= 15 is 0 Å². The first-order valence-corrected chi connectivity index (χ1v) is 12.1. The average molecular weight is 455 g/mol. The van der Waals surface area contributed by atoms with Crippen LogP contribution in [-0.2, 0) is 20.0 Å². The molecule has 0 bridgehead atoms. The number of rotatable bonds is 6. The molecule has 4 rings (SSSR count). The van der Waals surface area contributed by atoms with E-state index in [1.165, 1.54) is 0 Å². The summed E-state index contributed by atoms with van der Waals surface area (Å²) < 4.78 is 28.2. The Bertz CT molecular complexity index is 1330. The van der Waals surface area contributed by atoms with E-state index in [9.17, 15) is 14.3 Å². The van der Waals surface area contributed by atoms with Crippen molar-refractivity contribution in [3.8, 4) is 6.07 Å². The van der Waals surface area contributed by atoms with Crippen molar-refractivity contribution >= 4 is 32.1 Å². The molecule has 32 heavy (non-hydrogen) atoms. The van der Waals surface area contributed by atoms with Crippen molar-refractivity contribution in [2.75, 3.05) is 18.5 Å². The molecular weight excluding hydrogens is 428 g/mol. The summed E-state index contributed by atoms with van der Waals surface area (Å²) in [5.41, 5.74) is 0.349. The van der Waals surface area contributed by atoms with Gasteiger partial charge in [0.1, 0.15) is 5.39 Å². The number of nitriles is 1. The monoisotopic (exact) mass is 454 g/mol. The maximum atomic E-state index is 12.7. The summed E-state index contributed by atoms with van der Waals surface area (Å²) in [5.74, 6) is 0.368. The molecule has 10 heteroatoms. The summed E-state index contributed by atoms with van der Waals surface area (Å²) in [6, 6.07) is 10.8. The van der Waals surface area contributed by atoms with Gasteiger partial charge in [0.15, 0.2) is 5.82 Å². The second-order valence-electron chi connectivity index (χ2n) is 8.34. The van der Waals surface area contributed by atoms with E-state index in [1.54, 1.807) is 55.1 Å². The number of hydrogen-bond donors (Lipinski definition) is 3. The van der Waals surface area contributed by atoms with Crippen LogP contribution >= 0.6 is 0 Å². The first-order valence-electron chi connectivity index (χ1n) is 10.5. The molecule has 1 saturated heterocycles. The SMILES string of the molecule is CC(C)[S@@](=N)(=O)c1ccc(Nc2nn([C@]3(CC#N)CCCOC3)c3cc[nH]c(=O)c23)cc1. The summed E-state index contributed by atoms with van der Waals surface area (Å²) >= 11 is 0. The Balaban J connectivity index is 1.78. The van der Waals surface area contributed by atoms with Gasteiger partial charge >= 0.3 is 0 Å². The molecule has 3 aromatic rings. The van der Waals surface area contributed by atoms with E-state index in [-0.39, 0.29) is 17.2 Å². The number of hydrogen-bond acceptors (Lipinski definition) is 7. The van der Waals surface area contributed by atoms with Gasteiger partial charge in [-0.05, 0) is 57.0 Å². The Kier molecular flexibility index (Phi) is 5.79. The van der Waals surface area contributed by atoms with Crippen LogP contribution in [0, 0.1) is 16.1 Å². The zero-order valence-electron chi connectivity index (χ0n) is 18.1. The van der Waals surface area contributed by atoms with Crippen LogP contribution in [0.1, 0.15) is 33.1 Å². The third kappa shape index (κ3) is 3.78. The average Bonchev–Trinajstić information content (AvgIpc) is 3.15. The smallest absolute Gasteiger partial charge is 0.261 e. The molecule has 1 aromatic carbocycles. The number of ether oxygens (including phenoxy) is 1. The van der Waals surface area contributed by atoms with Crippen LogP contribution < -0.4 is 10.9 Å². The number of H-pyrrole nitrogens is 1. The van der Waals surface area contributed by atoms with Crippen LogP contribution in [0.5, 0.6) is 0 Å². The van der Waals surface area contributed by atoms with Gasteiger partial charge in [-0.1, -0.05) is 0 Å². The third-order valence-electron chi connectivity index (χ3n) is 5.89. The van der Waals surface area contributed by atoms with Gasteiger partial charge in [-0.3, -0.25) is 9.48 Å². The molecule has 0 amide bonds. The van der Waals surface area contributed by atoms with E-state index in [4.69, 9.17) is 14.6 Å². The van der Waals surface area contributed by atoms with Gasteiger partial charge in [-0.2, -0.15) is 10.4 Å². The van der Waals surface area contributed by atoms with Crippen molar-refractivity contribution in [1.82, 2.24) is 14.8 Å². The minimum atomic E-state index is -2.88. The lowest BCUT2D eigenvalue weighted by Crippen LogP contribution is -2.42. The van der Waals surface area contributed by atoms with Crippen molar-refractivity contribution in [3.05, 3.63) is 46.9 Å². The molecule has 0 saturated carbocycles. The lowest BCUT2D eigenvalue weighted by atomic mass is 9.89. The first-order chi connectivity index (χ1) is 15.3. The topological polar surface area (TPSA) is 137 Å². The number of aromatic nitrogens is 3. The number of nitrogens with zero attached hydrogens (tertiary/aromatic N) is 3. The maximum absolute atomic E-state index is 12.7. The van der Waals surface area contributed by atoms with E-state index in [0.29, 0.717) is 40.5 Å². The number of benzene rings is 1. The molecule has 0 unspecified atom stereocenters. The minimum absolute atomic E-state index is 0.220. The highest BCUT2D eigenvalue weighted by Crippen LogP contribution is 2.35. The highest BCUT2D eigenvalue weighted by Gasteiger charge is 2.38. The lowest BCUT2D eigenvalue weighted by molar-refractivity contribution is -0.00174. The highest BCUT2D eigenvalue weighted by molar-refractivity contribution is 7.93. The predicted octanol–water partition coefficient (Wildman–Crippen LogP) is 3.70. The van der Waals surface area contributed by atoms with Crippen molar-refractivity contribution in [2.45, 2.75) is 48.8 Å². The standard InChI is InChI=1S/C22H26N6O3S/c1-15(2)32(24,30)17-6-4-16(5-7-17)26-20-19-18(8-12-25-21(19)29)28(27-20)22(10-11-23)9-3-13-31-14-22/h4-8,12,15,24H,3,9-10,13-14H2,1-2H3,(H,25,29)(H,26,27)/t22-,32+/m0/s1. The van der Waals surface area contributed by atoms with Crippen LogP contribution in [0.4, 0.5) is 11.5 Å². The number of aromatic amines is 1. The van der Waals surface area contributed by atoms with Gasteiger partial charge in [0.05, 0.1) is 39.9 Å². The fourth-order valence-electron chi connectivity index (χ4n) is 4.04. The van der Waals surface area contributed by atoms with Crippen LogP contribution in [0.2, 0.25) is 0 Å². The minimum Gasteiger partial charge on any atom is -0.379 e. The van der Waals surface area contributed by atoms with Gasteiger partial charge in [0.25, 0.3) is 5.56 Å². The Morgan fingerprint density at radius 3 is 2.75 bits per heavy atom. The molecule has 0 radical (unpaired) electrons. The van der Waals surface area contributed by atoms with Crippen LogP contribution in [0.15, 0.2) is 46.2 Å². The molecule has 2 atom stereocenters. The number of fused-ring (bicyclic) bond motifs is 1.